The molecule has 1 amide bonds. The number of hydrogen-bond donors (Lipinski definition) is 1. The first-order valence-electron chi connectivity index (χ1n) is 9.62. The van der Waals surface area contributed by atoms with Crippen LogP contribution in [0.5, 0.6) is 0 Å². The second kappa shape index (κ2) is 8.19. The Labute approximate surface area is 169 Å². The number of H-pyrrole nitrogens is 1. The lowest BCUT2D eigenvalue weighted by atomic mass is 9.99. The van der Waals surface area contributed by atoms with Crippen molar-refractivity contribution in [2.45, 2.75) is 39.7 Å². The predicted octanol–water partition coefficient (Wildman–Crippen LogP) is 3.68. The zero-order valence-electron chi connectivity index (χ0n) is 17.0. The van der Waals surface area contributed by atoms with Gasteiger partial charge in [0.05, 0.1) is 13.2 Å². The van der Waals surface area contributed by atoms with Crippen molar-refractivity contribution in [2.24, 2.45) is 5.92 Å². The Balaban J connectivity index is 1.91. The van der Waals surface area contributed by atoms with Gasteiger partial charge in [0.25, 0.3) is 5.91 Å². The maximum Gasteiger partial charge on any atom is 0.354 e. The Morgan fingerprint density at radius 1 is 1.21 bits per heavy atom. The number of rotatable bonds is 7. The van der Waals surface area contributed by atoms with Crippen LogP contribution in [0.2, 0.25) is 0 Å². The highest BCUT2D eigenvalue weighted by molar-refractivity contribution is 6.07. The molecular formula is C22H25FN2O4. The second-order valence-electron chi connectivity index (χ2n) is 7.56. The average Bonchev–Trinajstić information content (AvgIpc) is 3.48. The summed E-state index contributed by atoms with van der Waals surface area (Å²) < 4.78 is 18.0. The van der Waals surface area contributed by atoms with Gasteiger partial charge in [0.2, 0.25) is 0 Å². The van der Waals surface area contributed by atoms with Crippen LogP contribution in [0.25, 0.3) is 0 Å². The number of esters is 1. The van der Waals surface area contributed by atoms with Crippen LogP contribution in [-0.2, 0) is 4.74 Å². The highest BCUT2D eigenvalue weighted by Crippen LogP contribution is 2.32. The van der Waals surface area contributed by atoms with Gasteiger partial charge in [-0.15, -0.1) is 0 Å². The SMILES string of the molecule is COC(=O)c1[nH]c(C)c(C(=O)C(C)N(CC2CC2)C(=O)c2ccc(F)cc2)c1C. The van der Waals surface area contributed by atoms with Crippen molar-refractivity contribution < 1.29 is 23.5 Å². The molecule has 1 N–H and O–H groups in total. The number of amides is 1. The number of aryl methyl sites for hydroxylation is 1. The van der Waals surface area contributed by atoms with Crippen molar-refractivity contribution in [1.29, 1.82) is 0 Å². The Hall–Kier alpha value is -2.96. The maximum absolute atomic E-state index is 13.3. The molecule has 0 saturated heterocycles. The van der Waals surface area contributed by atoms with Crippen molar-refractivity contribution in [3.05, 3.63) is 58.2 Å². The van der Waals surface area contributed by atoms with Gasteiger partial charge in [0, 0.05) is 23.4 Å². The molecule has 1 heterocycles. The van der Waals surface area contributed by atoms with Gasteiger partial charge < -0.3 is 14.6 Å². The molecule has 2 aromatic rings. The van der Waals surface area contributed by atoms with Gasteiger partial charge in [0.1, 0.15) is 11.5 Å². The number of hydrogen-bond acceptors (Lipinski definition) is 4. The molecule has 0 radical (unpaired) electrons. The number of aromatic amines is 1. The van der Waals surface area contributed by atoms with Gasteiger partial charge in [0.15, 0.2) is 5.78 Å². The molecule has 6 nitrogen and oxygen atoms in total. The highest BCUT2D eigenvalue weighted by atomic mass is 19.1. The Morgan fingerprint density at radius 2 is 1.83 bits per heavy atom. The van der Waals surface area contributed by atoms with Gasteiger partial charge in [-0.05, 0) is 69.4 Å². The number of halogens is 1. The summed E-state index contributed by atoms with van der Waals surface area (Å²) in [7, 11) is 1.28. The standard InChI is InChI=1S/C22H25FN2O4/c1-12-18(13(2)24-19(12)22(28)29-4)20(26)14(3)25(11-15-5-6-15)21(27)16-7-9-17(23)10-8-16/h7-10,14-15,24H,5-6,11H2,1-4H3. The van der Waals surface area contributed by atoms with Crippen molar-refractivity contribution >= 4 is 17.7 Å². The van der Waals surface area contributed by atoms with E-state index in [2.05, 4.69) is 4.98 Å². The van der Waals surface area contributed by atoms with Crippen LogP contribution in [-0.4, -0.2) is 47.2 Å². The number of nitrogens with one attached hydrogen (secondary N) is 1. The van der Waals surface area contributed by atoms with E-state index in [1.54, 1.807) is 25.7 Å². The average molecular weight is 400 g/mol. The molecule has 0 bridgehead atoms. The lowest BCUT2D eigenvalue weighted by molar-refractivity contribution is 0.0592. The van der Waals surface area contributed by atoms with E-state index in [1.165, 1.54) is 31.4 Å². The largest absolute Gasteiger partial charge is 0.464 e. The molecule has 1 atom stereocenters. The Bertz CT molecular complexity index is 944. The number of carbonyl (C=O) groups is 3. The molecule has 0 spiro atoms. The first-order valence-corrected chi connectivity index (χ1v) is 9.62. The Kier molecular flexibility index (Phi) is 5.86. The third-order valence-corrected chi connectivity index (χ3v) is 5.42. The van der Waals surface area contributed by atoms with E-state index in [1.807, 2.05) is 0 Å². The van der Waals surface area contributed by atoms with E-state index < -0.39 is 17.8 Å². The number of benzene rings is 1. The van der Waals surface area contributed by atoms with Gasteiger partial charge in [-0.3, -0.25) is 9.59 Å². The molecule has 1 saturated carbocycles. The third-order valence-electron chi connectivity index (χ3n) is 5.42. The third kappa shape index (κ3) is 4.23. The van der Waals surface area contributed by atoms with Gasteiger partial charge in [-0.25, -0.2) is 9.18 Å². The molecular weight excluding hydrogens is 375 g/mol. The zero-order chi connectivity index (χ0) is 21.3. The number of aromatic nitrogens is 1. The summed E-state index contributed by atoms with van der Waals surface area (Å²) in [6.07, 6.45) is 2.03. The maximum atomic E-state index is 13.3. The molecule has 1 aliphatic rings. The van der Waals surface area contributed by atoms with E-state index in [4.69, 9.17) is 4.74 Å². The summed E-state index contributed by atoms with van der Waals surface area (Å²) in [5.41, 5.74) is 2.03. The topological polar surface area (TPSA) is 79.5 Å². The second-order valence-corrected chi connectivity index (χ2v) is 7.56. The van der Waals surface area contributed by atoms with Crippen LogP contribution in [0, 0.1) is 25.6 Å². The van der Waals surface area contributed by atoms with Gasteiger partial charge in [-0.1, -0.05) is 0 Å². The summed E-state index contributed by atoms with van der Waals surface area (Å²) >= 11 is 0. The number of nitrogens with zero attached hydrogens (tertiary/aromatic N) is 1. The number of ether oxygens (including phenoxy) is 1. The fraction of sp³-hybridized carbons (Fsp3) is 0.409. The molecule has 1 fully saturated rings. The van der Waals surface area contributed by atoms with E-state index >= 15 is 0 Å². The van der Waals surface area contributed by atoms with E-state index in [-0.39, 0.29) is 17.4 Å². The molecule has 1 aliphatic carbocycles. The molecule has 154 valence electrons. The lowest BCUT2D eigenvalue weighted by Crippen LogP contribution is -2.44. The van der Waals surface area contributed by atoms with Gasteiger partial charge >= 0.3 is 5.97 Å². The number of ketones is 1. The smallest absolute Gasteiger partial charge is 0.354 e. The highest BCUT2D eigenvalue weighted by Gasteiger charge is 2.35. The van der Waals surface area contributed by atoms with Crippen LogP contribution < -0.4 is 0 Å². The summed E-state index contributed by atoms with van der Waals surface area (Å²) in [5.74, 6) is -1.16. The first kappa shape index (κ1) is 20.8. The molecule has 29 heavy (non-hydrogen) atoms. The van der Waals surface area contributed by atoms with Gasteiger partial charge in [-0.2, -0.15) is 0 Å². The summed E-state index contributed by atoms with van der Waals surface area (Å²) in [5, 5.41) is 0. The fourth-order valence-corrected chi connectivity index (χ4v) is 3.53. The van der Waals surface area contributed by atoms with Crippen molar-refractivity contribution in [3.8, 4) is 0 Å². The number of methoxy groups -OCH3 is 1. The first-order chi connectivity index (χ1) is 13.7. The quantitative estimate of drug-likeness (QED) is 0.568. The zero-order valence-corrected chi connectivity index (χ0v) is 17.0. The summed E-state index contributed by atoms with van der Waals surface area (Å²) in [4.78, 5) is 42.8. The molecule has 3 rings (SSSR count). The summed E-state index contributed by atoms with van der Waals surface area (Å²) in [6.45, 7) is 5.56. The summed E-state index contributed by atoms with van der Waals surface area (Å²) in [6, 6.07) is 4.59. The predicted molar refractivity (Wildman–Crippen MR) is 106 cm³/mol. The lowest BCUT2D eigenvalue weighted by Gasteiger charge is -2.29. The Morgan fingerprint density at radius 3 is 2.38 bits per heavy atom. The van der Waals surface area contributed by atoms with Crippen LogP contribution in [0.4, 0.5) is 4.39 Å². The van der Waals surface area contributed by atoms with E-state index in [0.29, 0.717) is 34.8 Å². The normalized spacial score (nSPS) is 14.4. The van der Waals surface area contributed by atoms with E-state index in [9.17, 15) is 18.8 Å². The van der Waals surface area contributed by atoms with Crippen molar-refractivity contribution in [1.82, 2.24) is 9.88 Å². The number of carbonyl (C=O) groups excluding carboxylic acids is 3. The van der Waals surface area contributed by atoms with Crippen LogP contribution >= 0.6 is 0 Å². The molecule has 1 aromatic heterocycles. The van der Waals surface area contributed by atoms with Crippen molar-refractivity contribution in [3.63, 3.8) is 0 Å². The van der Waals surface area contributed by atoms with Crippen molar-refractivity contribution in [2.75, 3.05) is 13.7 Å². The van der Waals surface area contributed by atoms with Crippen LogP contribution in [0.1, 0.15) is 62.2 Å². The van der Waals surface area contributed by atoms with Crippen LogP contribution in [0.15, 0.2) is 24.3 Å². The molecule has 1 unspecified atom stereocenters. The van der Waals surface area contributed by atoms with E-state index in [0.717, 1.165) is 12.8 Å². The minimum absolute atomic E-state index is 0.235. The minimum Gasteiger partial charge on any atom is -0.464 e. The van der Waals surface area contributed by atoms with Crippen LogP contribution in [0.3, 0.4) is 0 Å². The fourth-order valence-electron chi connectivity index (χ4n) is 3.53. The number of Topliss-reactive ketones (excluding diaryl/α,β-unsaturated/α-hetero) is 1. The molecule has 0 aliphatic heterocycles. The molecule has 7 heteroatoms. The molecule has 1 aromatic carbocycles. The minimum atomic E-state index is -0.730. The monoisotopic (exact) mass is 400 g/mol.